The Morgan fingerprint density at radius 1 is 1.00 bits per heavy atom. The number of nitrogen functional groups attached to an aromatic ring is 1. The third kappa shape index (κ3) is 2.18. The summed E-state index contributed by atoms with van der Waals surface area (Å²) in [4.78, 5) is 13.1. The zero-order valence-electron chi connectivity index (χ0n) is 13.8. The van der Waals surface area contributed by atoms with Gasteiger partial charge in [-0.1, -0.05) is 24.3 Å². The summed E-state index contributed by atoms with van der Waals surface area (Å²) in [5.74, 6) is 0.500. The van der Waals surface area contributed by atoms with Crippen LogP contribution in [0.5, 0.6) is 0 Å². The molecule has 0 saturated carbocycles. The van der Waals surface area contributed by atoms with Crippen LogP contribution in [0.25, 0.3) is 33.3 Å². The fourth-order valence-electron chi connectivity index (χ4n) is 3.51. The zero-order valence-corrected chi connectivity index (χ0v) is 13.8. The first kappa shape index (κ1) is 14.1. The number of benzene rings is 2. The van der Waals surface area contributed by atoms with Gasteiger partial charge in [-0.15, -0.1) is 0 Å². The van der Waals surface area contributed by atoms with Gasteiger partial charge in [-0.25, -0.2) is 9.97 Å². The number of nitrogens with two attached hydrogens (primary N) is 1. The Hall–Kier alpha value is -3.27. The van der Waals surface area contributed by atoms with Crippen LogP contribution in [0.3, 0.4) is 0 Å². The number of rotatable bonds is 2. The van der Waals surface area contributed by atoms with E-state index in [4.69, 9.17) is 10.7 Å². The van der Waals surface area contributed by atoms with Crippen molar-refractivity contribution in [2.75, 3.05) is 5.73 Å². The number of hydrogen-bond acceptors (Lipinski definition) is 4. The molecule has 0 atom stereocenters. The van der Waals surface area contributed by atoms with Crippen molar-refractivity contribution >= 4 is 16.7 Å². The molecule has 0 bridgehead atoms. The van der Waals surface area contributed by atoms with Crippen LogP contribution >= 0.6 is 0 Å². The highest BCUT2D eigenvalue weighted by Crippen LogP contribution is 2.42. The molecule has 0 radical (unpaired) electrons. The summed E-state index contributed by atoms with van der Waals surface area (Å²) in [6, 6.07) is 14.6. The first-order chi connectivity index (χ1) is 12.2. The highest BCUT2D eigenvalue weighted by Gasteiger charge is 2.25. The minimum atomic E-state index is 0.500. The van der Waals surface area contributed by atoms with Gasteiger partial charge in [0.1, 0.15) is 12.1 Å². The van der Waals surface area contributed by atoms with Gasteiger partial charge < -0.3 is 5.73 Å². The Kier molecular flexibility index (Phi) is 2.88. The topological polar surface area (TPSA) is 64.7 Å². The number of aryl methyl sites for hydroxylation is 1. The highest BCUT2D eigenvalue weighted by molar-refractivity contribution is 5.94. The molecule has 4 aromatic rings. The van der Waals surface area contributed by atoms with E-state index in [0.29, 0.717) is 5.82 Å². The minimum absolute atomic E-state index is 0.500. The van der Waals surface area contributed by atoms with Gasteiger partial charge in [-0.2, -0.15) is 0 Å². The van der Waals surface area contributed by atoms with Crippen molar-refractivity contribution in [2.45, 2.75) is 13.3 Å². The molecule has 0 unspecified atom stereocenters. The molecular weight excluding hydrogens is 308 g/mol. The number of anilines is 1. The van der Waals surface area contributed by atoms with E-state index in [-0.39, 0.29) is 0 Å². The third-order valence-corrected chi connectivity index (χ3v) is 4.88. The monoisotopic (exact) mass is 324 g/mol. The summed E-state index contributed by atoms with van der Waals surface area (Å²) in [6.45, 7) is 2.15. The Labute approximate surface area is 145 Å². The summed E-state index contributed by atoms with van der Waals surface area (Å²) >= 11 is 0. The SMILES string of the molecule is Cc1ccc2c(c1-c1ncccc1-c1ccc3ncnc(N)c3c1)C2. The zero-order chi connectivity index (χ0) is 17.0. The van der Waals surface area contributed by atoms with Crippen LogP contribution in [0.4, 0.5) is 5.82 Å². The molecule has 2 N–H and O–H groups in total. The maximum absolute atomic E-state index is 6.04. The van der Waals surface area contributed by atoms with Gasteiger partial charge in [0, 0.05) is 22.7 Å². The van der Waals surface area contributed by atoms with E-state index >= 15 is 0 Å². The molecule has 5 rings (SSSR count). The number of pyridine rings is 1. The lowest BCUT2D eigenvalue weighted by Crippen LogP contribution is -1.95. The van der Waals surface area contributed by atoms with Crippen molar-refractivity contribution in [1.82, 2.24) is 15.0 Å². The quantitative estimate of drug-likeness (QED) is 0.530. The maximum atomic E-state index is 6.04. The van der Waals surface area contributed by atoms with Gasteiger partial charge in [0.2, 0.25) is 0 Å². The molecule has 0 aliphatic heterocycles. The van der Waals surface area contributed by atoms with Crippen molar-refractivity contribution in [1.29, 1.82) is 0 Å². The predicted octanol–water partition coefficient (Wildman–Crippen LogP) is 4.15. The second-order valence-electron chi connectivity index (χ2n) is 6.46. The largest absolute Gasteiger partial charge is 0.383 e. The third-order valence-electron chi connectivity index (χ3n) is 4.88. The number of nitrogens with zero attached hydrogens (tertiary/aromatic N) is 3. The number of aromatic nitrogens is 3. The normalized spacial score (nSPS) is 12.2. The number of fused-ring (bicyclic) bond motifs is 2. The molecular formula is C21H16N4. The Morgan fingerprint density at radius 3 is 2.84 bits per heavy atom. The molecule has 1 aliphatic rings. The van der Waals surface area contributed by atoms with Crippen molar-refractivity contribution in [3.05, 3.63) is 71.7 Å². The highest BCUT2D eigenvalue weighted by atomic mass is 14.9. The van der Waals surface area contributed by atoms with Crippen LogP contribution in [0.15, 0.2) is 55.0 Å². The molecule has 0 spiro atoms. The first-order valence-electron chi connectivity index (χ1n) is 8.30. The van der Waals surface area contributed by atoms with Crippen molar-refractivity contribution in [2.24, 2.45) is 0 Å². The van der Waals surface area contributed by atoms with Gasteiger partial charge >= 0.3 is 0 Å². The van der Waals surface area contributed by atoms with Gasteiger partial charge in [-0.3, -0.25) is 4.98 Å². The Bertz CT molecular complexity index is 1140. The van der Waals surface area contributed by atoms with Crippen LogP contribution in [0.2, 0.25) is 0 Å². The minimum Gasteiger partial charge on any atom is -0.383 e. The van der Waals surface area contributed by atoms with E-state index in [1.54, 1.807) is 0 Å². The molecule has 120 valence electrons. The average molecular weight is 324 g/mol. The van der Waals surface area contributed by atoms with Crippen LogP contribution in [-0.2, 0) is 6.42 Å². The lowest BCUT2D eigenvalue weighted by molar-refractivity contribution is 1.23. The smallest absolute Gasteiger partial charge is 0.134 e. The molecule has 4 nitrogen and oxygen atoms in total. The predicted molar refractivity (Wildman–Crippen MR) is 100 cm³/mol. The van der Waals surface area contributed by atoms with E-state index < -0.39 is 0 Å². The summed E-state index contributed by atoms with van der Waals surface area (Å²) in [5.41, 5.74) is 15.5. The van der Waals surface area contributed by atoms with Crippen molar-refractivity contribution in [3.63, 3.8) is 0 Å². The van der Waals surface area contributed by atoms with Crippen molar-refractivity contribution < 1.29 is 0 Å². The Morgan fingerprint density at radius 2 is 1.92 bits per heavy atom. The van der Waals surface area contributed by atoms with E-state index in [1.165, 1.54) is 28.6 Å². The van der Waals surface area contributed by atoms with E-state index in [2.05, 4.69) is 47.2 Å². The van der Waals surface area contributed by atoms with Crippen molar-refractivity contribution in [3.8, 4) is 22.4 Å². The molecule has 0 saturated heterocycles. The standard InChI is InChI=1S/C21H16N4/c1-12-4-5-14-9-16(14)19(12)20-15(3-2-8-23-20)13-6-7-18-17(10-13)21(22)25-11-24-18/h2-8,10-11H,9H2,1H3,(H2,22,24,25). The van der Waals surface area contributed by atoms with Gasteiger partial charge in [0.25, 0.3) is 0 Å². The van der Waals surface area contributed by atoms with E-state index in [9.17, 15) is 0 Å². The molecule has 0 fully saturated rings. The lowest BCUT2D eigenvalue weighted by Gasteiger charge is -2.12. The van der Waals surface area contributed by atoms with Gasteiger partial charge in [0.15, 0.2) is 0 Å². The molecule has 25 heavy (non-hydrogen) atoms. The van der Waals surface area contributed by atoms with E-state index in [1.807, 2.05) is 18.3 Å². The average Bonchev–Trinajstić information content (AvgIpc) is 3.41. The molecule has 0 amide bonds. The lowest BCUT2D eigenvalue weighted by atomic mass is 9.95. The van der Waals surface area contributed by atoms with Gasteiger partial charge in [0.05, 0.1) is 11.2 Å². The summed E-state index contributed by atoms with van der Waals surface area (Å²) in [5, 5.41) is 0.871. The number of hydrogen-bond donors (Lipinski definition) is 1. The van der Waals surface area contributed by atoms with Gasteiger partial charge in [-0.05, 0) is 53.8 Å². The summed E-state index contributed by atoms with van der Waals surface area (Å²) < 4.78 is 0. The fraction of sp³-hybridized carbons (Fsp3) is 0.0952. The van der Waals surface area contributed by atoms with Crippen LogP contribution in [0.1, 0.15) is 16.7 Å². The van der Waals surface area contributed by atoms with Crippen LogP contribution < -0.4 is 5.73 Å². The van der Waals surface area contributed by atoms with Crippen LogP contribution in [-0.4, -0.2) is 15.0 Å². The van der Waals surface area contributed by atoms with Crippen LogP contribution in [0, 0.1) is 6.92 Å². The first-order valence-corrected chi connectivity index (χ1v) is 8.30. The fourth-order valence-corrected chi connectivity index (χ4v) is 3.51. The molecule has 2 heterocycles. The second-order valence-corrected chi connectivity index (χ2v) is 6.46. The molecule has 2 aromatic carbocycles. The summed E-state index contributed by atoms with van der Waals surface area (Å²) in [6.07, 6.45) is 4.42. The second kappa shape index (κ2) is 5.11. The maximum Gasteiger partial charge on any atom is 0.134 e. The van der Waals surface area contributed by atoms with E-state index in [0.717, 1.165) is 34.1 Å². The Balaban J connectivity index is 1.76. The molecule has 2 aromatic heterocycles. The molecule has 4 heteroatoms. The molecule has 1 aliphatic carbocycles. The summed E-state index contributed by atoms with van der Waals surface area (Å²) in [7, 11) is 0.